The second-order valence-corrected chi connectivity index (χ2v) is 8.15. The highest BCUT2D eigenvalue weighted by Gasteiger charge is 2.25. The number of aromatic hydroxyl groups is 1. The van der Waals surface area contributed by atoms with E-state index in [1.807, 2.05) is 35.1 Å². The van der Waals surface area contributed by atoms with Gasteiger partial charge in [0.1, 0.15) is 12.4 Å². The van der Waals surface area contributed by atoms with Crippen LogP contribution in [0, 0.1) is 0 Å². The highest BCUT2D eigenvalue weighted by atomic mass is 16.5. The van der Waals surface area contributed by atoms with Gasteiger partial charge in [-0.25, -0.2) is 4.98 Å². The van der Waals surface area contributed by atoms with Gasteiger partial charge in [0.15, 0.2) is 0 Å². The molecule has 156 valence electrons. The fourth-order valence-electron chi connectivity index (χ4n) is 4.43. The normalized spacial score (nSPS) is 14.7. The summed E-state index contributed by atoms with van der Waals surface area (Å²) in [4.78, 5) is 4.52. The monoisotopic (exact) mass is 411 g/mol. The smallest absolute Gasteiger partial charge is 0.221 e. The van der Waals surface area contributed by atoms with E-state index < -0.39 is 0 Å². The molecule has 0 bridgehead atoms. The van der Waals surface area contributed by atoms with E-state index in [1.54, 1.807) is 12.3 Å². The standard InChI is InChI=1S/C26H25N3O2/c1-4-21(17-7-5-8-20(30)11-17)25-22-9-6-10-27-26(22)31-15-19-13-24-18(12-23(19)25)14-28-29(24)16(2)3/h5-14,16,30H,4,15H2,1-3H3. The molecule has 0 saturated heterocycles. The van der Waals surface area contributed by atoms with E-state index in [9.17, 15) is 5.11 Å². The van der Waals surface area contributed by atoms with E-state index in [-0.39, 0.29) is 11.8 Å². The van der Waals surface area contributed by atoms with Crippen LogP contribution in [0.4, 0.5) is 0 Å². The van der Waals surface area contributed by atoms with Gasteiger partial charge < -0.3 is 9.84 Å². The number of phenolic OH excluding ortho intramolecular Hbond substituents is 1. The van der Waals surface area contributed by atoms with Gasteiger partial charge in [-0.15, -0.1) is 0 Å². The minimum Gasteiger partial charge on any atom is -0.508 e. The Balaban J connectivity index is 1.86. The molecule has 0 radical (unpaired) electrons. The molecule has 3 heterocycles. The predicted octanol–water partition coefficient (Wildman–Crippen LogP) is 5.98. The third-order valence-electron chi connectivity index (χ3n) is 5.83. The first-order valence-electron chi connectivity index (χ1n) is 10.7. The van der Waals surface area contributed by atoms with Crippen molar-refractivity contribution in [1.29, 1.82) is 0 Å². The van der Waals surface area contributed by atoms with Crippen LogP contribution in [-0.2, 0) is 6.61 Å². The predicted molar refractivity (Wildman–Crippen MR) is 123 cm³/mol. The molecular formula is C26H25N3O2. The molecule has 0 atom stereocenters. The Kier molecular flexibility index (Phi) is 4.74. The van der Waals surface area contributed by atoms with Gasteiger partial charge in [0.2, 0.25) is 5.88 Å². The third kappa shape index (κ3) is 3.26. The van der Waals surface area contributed by atoms with Crippen LogP contribution in [0.1, 0.15) is 55.5 Å². The first-order chi connectivity index (χ1) is 15.1. The molecule has 0 amide bonds. The van der Waals surface area contributed by atoms with Gasteiger partial charge in [-0.3, -0.25) is 4.68 Å². The number of fused-ring (bicyclic) bond motifs is 3. The van der Waals surface area contributed by atoms with Crippen molar-refractivity contribution in [3.63, 3.8) is 0 Å². The quantitative estimate of drug-likeness (QED) is 0.450. The molecule has 5 nitrogen and oxygen atoms in total. The first-order valence-corrected chi connectivity index (χ1v) is 10.7. The largest absolute Gasteiger partial charge is 0.508 e. The molecular weight excluding hydrogens is 386 g/mol. The van der Waals surface area contributed by atoms with E-state index >= 15 is 0 Å². The van der Waals surface area contributed by atoms with E-state index in [1.165, 1.54) is 0 Å². The number of pyridine rings is 1. The summed E-state index contributed by atoms with van der Waals surface area (Å²) in [7, 11) is 0. The zero-order valence-electron chi connectivity index (χ0n) is 18.0. The Bertz CT molecular complexity index is 1320. The van der Waals surface area contributed by atoms with Crippen LogP contribution in [-0.4, -0.2) is 19.9 Å². The van der Waals surface area contributed by atoms with Crippen molar-refractivity contribution in [2.24, 2.45) is 0 Å². The molecule has 1 aliphatic rings. The lowest BCUT2D eigenvalue weighted by molar-refractivity contribution is 0.295. The maximum absolute atomic E-state index is 10.1. The zero-order valence-corrected chi connectivity index (χ0v) is 18.0. The Morgan fingerprint density at radius 1 is 1.13 bits per heavy atom. The summed E-state index contributed by atoms with van der Waals surface area (Å²) in [6.07, 6.45) is 4.50. The van der Waals surface area contributed by atoms with Crippen molar-refractivity contribution in [1.82, 2.24) is 14.8 Å². The average Bonchev–Trinajstić information content (AvgIpc) is 3.12. The first kappa shape index (κ1) is 19.4. The van der Waals surface area contributed by atoms with Gasteiger partial charge in [0.05, 0.1) is 11.7 Å². The number of hydrogen-bond acceptors (Lipinski definition) is 4. The number of rotatable bonds is 3. The second-order valence-electron chi connectivity index (χ2n) is 8.15. The number of benzene rings is 2. The van der Waals surface area contributed by atoms with Crippen LogP contribution < -0.4 is 4.74 Å². The maximum atomic E-state index is 10.1. The summed E-state index contributed by atoms with van der Waals surface area (Å²) in [5, 5.41) is 15.8. The molecule has 0 saturated carbocycles. The van der Waals surface area contributed by atoms with Crippen molar-refractivity contribution in [3.8, 4) is 11.6 Å². The Morgan fingerprint density at radius 3 is 2.77 bits per heavy atom. The van der Waals surface area contributed by atoms with Crippen LogP contribution in [0.15, 0.2) is 60.9 Å². The molecule has 1 aliphatic heterocycles. The molecule has 2 aromatic carbocycles. The molecule has 31 heavy (non-hydrogen) atoms. The number of aromatic nitrogens is 3. The second kappa shape index (κ2) is 7.58. The van der Waals surface area contributed by atoms with E-state index in [2.05, 4.69) is 49.1 Å². The van der Waals surface area contributed by atoms with Crippen LogP contribution in [0.25, 0.3) is 22.0 Å². The zero-order chi connectivity index (χ0) is 21.5. The highest BCUT2D eigenvalue weighted by molar-refractivity contribution is 6.02. The molecule has 0 aliphatic carbocycles. The lowest BCUT2D eigenvalue weighted by Crippen LogP contribution is -2.03. The van der Waals surface area contributed by atoms with Gasteiger partial charge in [0, 0.05) is 23.2 Å². The Hall–Kier alpha value is -3.60. The molecule has 4 aromatic rings. The Morgan fingerprint density at radius 2 is 2.00 bits per heavy atom. The Labute approximate surface area is 181 Å². The van der Waals surface area contributed by atoms with Gasteiger partial charge in [0.25, 0.3) is 0 Å². The molecule has 0 spiro atoms. The number of hydrogen-bond donors (Lipinski definition) is 1. The lowest BCUT2D eigenvalue weighted by Gasteiger charge is -2.17. The fraction of sp³-hybridized carbons (Fsp3) is 0.231. The van der Waals surface area contributed by atoms with E-state index in [0.717, 1.165) is 50.7 Å². The summed E-state index contributed by atoms with van der Waals surface area (Å²) in [5.74, 6) is 0.892. The summed E-state index contributed by atoms with van der Waals surface area (Å²) < 4.78 is 8.21. The van der Waals surface area contributed by atoms with Crippen molar-refractivity contribution in [3.05, 3.63) is 83.2 Å². The van der Waals surface area contributed by atoms with Gasteiger partial charge in [-0.2, -0.15) is 5.10 Å². The van der Waals surface area contributed by atoms with Crippen molar-refractivity contribution >= 4 is 22.0 Å². The lowest BCUT2D eigenvalue weighted by atomic mass is 9.86. The van der Waals surface area contributed by atoms with Crippen molar-refractivity contribution < 1.29 is 9.84 Å². The number of allylic oxidation sites excluding steroid dienone is 1. The van der Waals surface area contributed by atoms with Gasteiger partial charge in [-0.1, -0.05) is 19.1 Å². The molecule has 5 rings (SSSR count). The number of phenols is 1. The molecule has 0 fully saturated rings. The van der Waals surface area contributed by atoms with E-state index in [0.29, 0.717) is 12.5 Å². The average molecular weight is 412 g/mol. The fourth-order valence-corrected chi connectivity index (χ4v) is 4.43. The van der Waals surface area contributed by atoms with Crippen molar-refractivity contribution in [2.45, 2.75) is 39.8 Å². The van der Waals surface area contributed by atoms with Gasteiger partial charge >= 0.3 is 0 Å². The molecule has 1 N–H and O–H groups in total. The van der Waals surface area contributed by atoms with Crippen LogP contribution in [0.3, 0.4) is 0 Å². The highest BCUT2D eigenvalue weighted by Crippen LogP contribution is 2.43. The molecule has 0 unspecified atom stereocenters. The van der Waals surface area contributed by atoms with Crippen LogP contribution in [0.2, 0.25) is 0 Å². The summed E-state index contributed by atoms with van der Waals surface area (Å²) >= 11 is 0. The summed E-state index contributed by atoms with van der Waals surface area (Å²) in [6, 6.07) is 16.1. The van der Waals surface area contributed by atoms with Crippen LogP contribution in [0.5, 0.6) is 11.6 Å². The summed E-state index contributed by atoms with van der Waals surface area (Å²) in [6.45, 7) is 6.86. The van der Waals surface area contributed by atoms with Crippen molar-refractivity contribution in [2.75, 3.05) is 0 Å². The maximum Gasteiger partial charge on any atom is 0.221 e. The minimum atomic E-state index is 0.259. The minimum absolute atomic E-state index is 0.259. The van der Waals surface area contributed by atoms with E-state index in [4.69, 9.17) is 4.74 Å². The third-order valence-corrected chi connectivity index (χ3v) is 5.83. The van der Waals surface area contributed by atoms with Gasteiger partial charge in [-0.05, 0) is 84.5 Å². The van der Waals surface area contributed by atoms with Crippen LogP contribution >= 0.6 is 0 Å². The molecule has 5 heteroatoms. The molecule has 2 aromatic heterocycles. The number of nitrogens with zero attached hydrogens (tertiary/aromatic N) is 3. The SMILES string of the molecule is CCC(=C1c2cc3cnn(C(C)C)c3cc2COc2ncccc21)c1cccc(O)c1. The topological polar surface area (TPSA) is 60.2 Å². The number of ether oxygens (including phenoxy) is 1. The summed E-state index contributed by atoms with van der Waals surface area (Å²) in [5.41, 5.74) is 7.55.